The van der Waals surface area contributed by atoms with E-state index in [0.717, 1.165) is 10.8 Å². The highest BCUT2D eigenvalue weighted by Gasteiger charge is 2.67. The number of amides is 1. The van der Waals surface area contributed by atoms with Crippen LogP contribution in [0, 0.1) is 11.8 Å². The number of carbonyl (C=O) groups excluding carboxylic acids is 3. The molecule has 10 heteroatoms. The zero-order valence-corrected chi connectivity index (χ0v) is 22.6. The summed E-state index contributed by atoms with van der Waals surface area (Å²) in [7, 11) is 2.98. The number of primary amides is 1. The number of rotatable bonds is 3. The molecule has 7 N–H and O–H groups in total. The fraction of sp³-hybridized carbons (Fsp3) is 0.219. The van der Waals surface area contributed by atoms with Crippen molar-refractivity contribution in [2.75, 3.05) is 14.1 Å². The number of phenolic OH excluding ortho intramolecular Hbond substituents is 1. The van der Waals surface area contributed by atoms with Gasteiger partial charge in [0.25, 0.3) is 5.91 Å². The summed E-state index contributed by atoms with van der Waals surface area (Å²) in [4.78, 5) is 41.1. The van der Waals surface area contributed by atoms with Gasteiger partial charge in [-0.05, 0) is 53.7 Å². The summed E-state index contributed by atoms with van der Waals surface area (Å²) in [5.74, 6) is -8.83. The fourth-order valence-electron chi connectivity index (χ4n) is 6.79. The van der Waals surface area contributed by atoms with Crippen molar-refractivity contribution in [1.29, 1.82) is 0 Å². The van der Waals surface area contributed by atoms with Crippen molar-refractivity contribution in [1.82, 2.24) is 4.90 Å². The molecular weight excluding hydrogens is 540 g/mol. The SMILES string of the molecule is CN(C)C1C(O)=C(C(N)=O)C(=O)C2(O)C(O)=C3C(=O)c4c(O)cccc4/C(=C\c4ccc5ccccc5c4)C3C(O)C12. The number of fused-ring (bicyclic) bond motifs is 4. The smallest absolute Gasteiger partial charge is 0.255 e. The lowest BCUT2D eigenvalue weighted by Gasteiger charge is -2.52. The number of likely N-dealkylation sites (N-methyl/N-ethyl adjacent to an activating group) is 1. The zero-order chi connectivity index (χ0) is 30.2. The number of hydrogen-bond acceptors (Lipinski definition) is 9. The molecule has 0 aliphatic heterocycles. The molecule has 5 atom stereocenters. The molecule has 3 aromatic rings. The molecule has 0 heterocycles. The van der Waals surface area contributed by atoms with Gasteiger partial charge in [0.2, 0.25) is 5.78 Å². The highest BCUT2D eigenvalue weighted by molar-refractivity contribution is 6.25. The first-order chi connectivity index (χ1) is 19.9. The quantitative estimate of drug-likeness (QED) is 0.258. The van der Waals surface area contributed by atoms with Crippen molar-refractivity contribution in [3.8, 4) is 5.75 Å². The van der Waals surface area contributed by atoms with Crippen molar-refractivity contribution in [3.63, 3.8) is 0 Å². The summed E-state index contributed by atoms with van der Waals surface area (Å²) in [6.07, 6.45) is -0.0253. The van der Waals surface area contributed by atoms with E-state index in [-0.39, 0.29) is 5.56 Å². The Bertz CT molecular complexity index is 1820. The van der Waals surface area contributed by atoms with E-state index in [9.17, 15) is 39.9 Å². The lowest BCUT2D eigenvalue weighted by molar-refractivity contribution is -0.159. The molecule has 0 fully saturated rings. The molecule has 5 unspecified atom stereocenters. The van der Waals surface area contributed by atoms with Crippen molar-refractivity contribution < 1.29 is 39.9 Å². The van der Waals surface area contributed by atoms with Crippen LogP contribution in [0.2, 0.25) is 0 Å². The summed E-state index contributed by atoms with van der Waals surface area (Å²) in [5, 5.41) is 59.2. The average molecular weight is 569 g/mol. The summed E-state index contributed by atoms with van der Waals surface area (Å²) < 4.78 is 0. The Morgan fingerprint density at radius 1 is 0.976 bits per heavy atom. The van der Waals surface area contributed by atoms with Crippen molar-refractivity contribution in [3.05, 3.63) is 100 Å². The Kier molecular flexibility index (Phi) is 6.12. The van der Waals surface area contributed by atoms with Crippen LogP contribution in [-0.4, -0.2) is 79.7 Å². The van der Waals surface area contributed by atoms with E-state index in [2.05, 4.69) is 0 Å². The van der Waals surface area contributed by atoms with E-state index >= 15 is 0 Å². The number of aliphatic hydroxyl groups is 4. The number of aliphatic hydroxyl groups excluding tert-OH is 3. The molecule has 6 rings (SSSR count). The number of Topliss-reactive ketones (excluding diaryl/α,β-unsaturated/α-hetero) is 2. The molecule has 3 aliphatic carbocycles. The number of hydrogen-bond donors (Lipinski definition) is 6. The molecular formula is C32H28N2O8. The molecule has 0 bridgehead atoms. The van der Waals surface area contributed by atoms with E-state index in [1.54, 1.807) is 12.1 Å². The fourth-order valence-corrected chi connectivity index (χ4v) is 6.79. The lowest BCUT2D eigenvalue weighted by Crippen LogP contribution is -2.68. The Labute approximate surface area is 239 Å². The topological polar surface area (TPSA) is 182 Å². The molecule has 3 aliphatic rings. The summed E-state index contributed by atoms with van der Waals surface area (Å²) >= 11 is 0. The van der Waals surface area contributed by atoms with Crippen molar-refractivity contribution >= 4 is 39.9 Å². The first kappa shape index (κ1) is 27.4. The third-order valence-electron chi connectivity index (χ3n) is 8.63. The number of aromatic hydroxyl groups is 1. The van der Waals surface area contributed by atoms with Gasteiger partial charge >= 0.3 is 0 Å². The minimum atomic E-state index is -2.98. The third-order valence-corrected chi connectivity index (χ3v) is 8.63. The standard InChI is InChI=1S/C32H28N2O8/c1-34(2)25-24-27(37)21-18(13-14-10-11-15-6-3-4-7-16(15)12-14)17-8-5-9-19(35)20(17)26(36)22(21)29(39)32(24,42)30(40)23(28(25)38)31(33)41/h3-13,21,24-25,27,35,37-39,42H,1-2H3,(H2,33,41)/b18-13+. The maximum absolute atomic E-state index is 13.9. The minimum Gasteiger partial charge on any atom is -0.510 e. The predicted molar refractivity (Wildman–Crippen MR) is 153 cm³/mol. The van der Waals surface area contributed by atoms with Gasteiger partial charge in [0, 0.05) is 5.92 Å². The van der Waals surface area contributed by atoms with Crippen LogP contribution in [0.5, 0.6) is 5.75 Å². The monoisotopic (exact) mass is 568 g/mol. The van der Waals surface area contributed by atoms with Gasteiger partial charge in [0.05, 0.1) is 29.2 Å². The minimum absolute atomic E-state index is 0.183. The highest BCUT2D eigenvalue weighted by Crippen LogP contribution is 2.55. The number of nitrogens with zero attached hydrogens (tertiary/aromatic N) is 1. The summed E-state index contributed by atoms with van der Waals surface area (Å²) in [6.45, 7) is 0. The second kappa shape index (κ2) is 9.38. The summed E-state index contributed by atoms with van der Waals surface area (Å²) in [5.41, 5.74) is 2.08. The Morgan fingerprint density at radius 2 is 1.67 bits per heavy atom. The van der Waals surface area contributed by atoms with Crippen LogP contribution >= 0.6 is 0 Å². The molecule has 0 radical (unpaired) electrons. The first-order valence-electron chi connectivity index (χ1n) is 13.2. The lowest BCUT2D eigenvalue weighted by atomic mass is 9.56. The maximum Gasteiger partial charge on any atom is 0.255 e. The first-order valence-corrected chi connectivity index (χ1v) is 13.2. The number of nitrogens with two attached hydrogens (primary N) is 1. The van der Waals surface area contributed by atoms with Gasteiger partial charge in [0.1, 0.15) is 22.8 Å². The van der Waals surface area contributed by atoms with Crippen molar-refractivity contribution in [2.45, 2.75) is 17.7 Å². The van der Waals surface area contributed by atoms with E-state index < -0.39 is 75.5 Å². The maximum atomic E-state index is 13.9. The van der Waals surface area contributed by atoms with Crippen LogP contribution in [-0.2, 0) is 9.59 Å². The van der Waals surface area contributed by atoms with Gasteiger partial charge in [-0.2, -0.15) is 0 Å². The molecule has 10 nitrogen and oxygen atoms in total. The van der Waals surface area contributed by atoms with E-state index in [1.807, 2.05) is 42.5 Å². The normalized spacial score (nSPS) is 28.3. The molecule has 3 aromatic carbocycles. The van der Waals surface area contributed by atoms with Gasteiger partial charge in [-0.1, -0.05) is 54.6 Å². The Morgan fingerprint density at radius 3 is 2.33 bits per heavy atom. The third kappa shape index (κ3) is 3.59. The van der Waals surface area contributed by atoms with Crippen LogP contribution in [0.25, 0.3) is 22.4 Å². The second-order valence-corrected chi connectivity index (χ2v) is 11.1. The molecule has 0 spiro atoms. The molecule has 214 valence electrons. The van der Waals surface area contributed by atoms with Gasteiger partial charge in [0.15, 0.2) is 11.4 Å². The Hall–Kier alpha value is -4.77. The highest BCUT2D eigenvalue weighted by atomic mass is 16.4. The van der Waals surface area contributed by atoms with Gasteiger partial charge < -0.3 is 31.3 Å². The van der Waals surface area contributed by atoms with Gasteiger partial charge in [-0.3, -0.25) is 19.3 Å². The van der Waals surface area contributed by atoms with Crippen molar-refractivity contribution in [2.24, 2.45) is 17.6 Å². The van der Waals surface area contributed by atoms with Gasteiger partial charge in [-0.15, -0.1) is 0 Å². The van der Waals surface area contributed by atoms with E-state index in [1.165, 1.54) is 31.1 Å². The van der Waals surface area contributed by atoms with Crippen LogP contribution in [0.1, 0.15) is 21.5 Å². The van der Waals surface area contributed by atoms with Crippen LogP contribution in [0.15, 0.2) is 83.3 Å². The molecule has 0 aromatic heterocycles. The largest absolute Gasteiger partial charge is 0.510 e. The molecule has 42 heavy (non-hydrogen) atoms. The molecule has 0 saturated carbocycles. The average Bonchev–Trinajstić information content (AvgIpc) is 2.94. The van der Waals surface area contributed by atoms with E-state index in [0.29, 0.717) is 16.7 Å². The molecule has 1 amide bonds. The van der Waals surface area contributed by atoms with Crippen LogP contribution in [0.4, 0.5) is 0 Å². The summed E-state index contributed by atoms with van der Waals surface area (Å²) in [6, 6.07) is 16.4. The number of benzene rings is 3. The number of ketones is 2. The number of carbonyl (C=O) groups is 3. The Balaban J connectivity index is 1.67. The zero-order valence-electron chi connectivity index (χ0n) is 22.6. The number of phenols is 1. The van der Waals surface area contributed by atoms with Crippen LogP contribution in [0.3, 0.4) is 0 Å². The predicted octanol–water partition coefficient (Wildman–Crippen LogP) is 2.24. The van der Waals surface area contributed by atoms with E-state index in [4.69, 9.17) is 5.73 Å². The second-order valence-electron chi connectivity index (χ2n) is 11.1. The van der Waals surface area contributed by atoms with Gasteiger partial charge in [-0.25, -0.2) is 0 Å². The van der Waals surface area contributed by atoms with Crippen LogP contribution < -0.4 is 5.73 Å². The molecule has 0 saturated heterocycles.